The molecule has 7 heteroatoms. The second-order valence-corrected chi connectivity index (χ2v) is 6.51. The van der Waals surface area contributed by atoms with Gasteiger partial charge in [0, 0.05) is 18.7 Å². The highest BCUT2D eigenvalue weighted by atomic mass is 32.2. The maximum atomic E-state index is 14.0. The molecule has 1 N–H and O–H groups in total. The van der Waals surface area contributed by atoms with Gasteiger partial charge in [0.25, 0.3) is 0 Å². The van der Waals surface area contributed by atoms with Crippen LogP contribution in [0.1, 0.15) is 5.56 Å². The largest absolute Gasteiger partial charge is 0.493 e. The lowest BCUT2D eigenvalue weighted by Crippen LogP contribution is -2.27. The maximum Gasteiger partial charge on any atom is 0.243 e. The third kappa shape index (κ3) is 4.20. The van der Waals surface area contributed by atoms with Crippen LogP contribution in [0.4, 0.5) is 4.39 Å². The number of hydrogen-bond acceptors (Lipinski definition) is 4. The summed E-state index contributed by atoms with van der Waals surface area (Å²) in [6.07, 6.45) is 0.509. The molecule has 0 saturated heterocycles. The minimum atomic E-state index is -3.98. The summed E-state index contributed by atoms with van der Waals surface area (Å²) in [5.74, 6) is -0.611. The Labute approximate surface area is 135 Å². The van der Waals surface area contributed by atoms with Crippen LogP contribution in [0.5, 0.6) is 11.5 Å². The highest BCUT2D eigenvalue weighted by Crippen LogP contribution is 2.31. The predicted molar refractivity (Wildman–Crippen MR) is 84.8 cm³/mol. The molecule has 0 aliphatic rings. The molecule has 2 aromatic rings. The van der Waals surface area contributed by atoms with Crippen LogP contribution in [0.25, 0.3) is 0 Å². The number of halogens is 1. The molecule has 0 atom stereocenters. The number of methoxy groups -OCH3 is 2. The van der Waals surface area contributed by atoms with Gasteiger partial charge in [-0.15, -0.1) is 0 Å². The number of sulfonamides is 1. The molecule has 124 valence electrons. The molecule has 0 heterocycles. The molecule has 0 aromatic heterocycles. The standard InChI is InChI=1S/C16H18FNO4S/c1-21-14-10-13(17)16(11-15(14)22-2)23(19,20)18-9-8-12-6-4-3-5-7-12/h3-7,10-11,18H,8-9H2,1-2H3. The average Bonchev–Trinajstić information content (AvgIpc) is 2.55. The number of hydrogen-bond donors (Lipinski definition) is 1. The fourth-order valence-corrected chi connectivity index (χ4v) is 3.20. The molecular formula is C16H18FNO4S. The highest BCUT2D eigenvalue weighted by molar-refractivity contribution is 7.89. The van der Waals surface area contributed by atoms with E-state index in [-0.39, 0.29) is 18.0 Å². The Morgan fingerprint density at radius 1 is 1.04 bits per heavy atom. The van der Waals surface area contributed by atoms with Crippen molar-refractivity contribution in [1.29, 1.82) is 0 Å². The second kappa shape index (κ2) is 7.43. The zero-order valence-electron chi connectivity index (χ0n) is 12.9. The van der Waals surface area contributed by atoms with E-state index in [4.69, 9.17) is 9.47 Å². The number of ether oxygens (including phenoxy) is 2. The van der Waals surface area contributed by atoms with E-state index in [1.54, 1.807) is 0 Å². The number of benzene rings is 2. The Kier molecular flexibility index (Phi) is 5.57. The monoisotopic (exact) mass is 339 g/mol. The summed E-state index contributed by atoms with van der Waals surface area (Å²) in [7, 11) is -1.27. The summed E-state index contributed by atoms with van der Waals surface area (Å²) in [6.45, 7) is 0.167. The lowest BCUT2D eigenvalue weighted by atomic mass is 10.2. The van der Waals surface area contributed by atoms with E-state index >= 15 is 0 Å². The van der Waals surface area contributed by atoms with Crippen molar-refractivity contribution in [3.8, 4) is 11.5 Å². The van der Waals surface area contributed by atoms with Crippen LogP contribution < -0.4 is 14.2 Å². The summed E-state index contributed by atoms with van der Waals surface area (Å²) in [5, 5.41) is 0. The van der Waals surface area contributed by atoms with Gasteiger partial charge in [0.2, 0.25) is 10.0 Å². The minimum absolute atomic E-state index is 0.133. The summed E-state index contributed by atoms with van der Waals surface area (Å²) in [4.78, 5) is -0.469. The van der Waals surface area contributed by atoms with E-state index in [9.17, 15) is 12.8 Å². The summed E-state index contributed by atoms with van der Waals surface area (Å²) in [6, 6.07) is 11.5. The van der Waals surface area contributed by atoms with Crippen LogP contribution in [0, 0.1) is 5.82 Å². The Balaban J connectivity index is 2.16. The van der Waals surface area contributed by atoms with E-state index in [0.717, 1.165) is 17.7 Å². The summed E-state index contributed by atoms with van der Waals surface area (Å²) in [5.41, 5.74) is 0.989. The van der Waals surface area contributed by atoms with Crippen molar-refractivity contribution in [2.24, 2.45) is 0 Å². The van der Waals surface area contributed by atoms with Gasteiger partial charge >= 0.3 is 0 Å². The Hall–Kier alpha value is -2.12. The van der Waals surface area contributed by atoms with Gasteiger partial charge in [-0.2, -0.15) is 0 Å². The van der Waals surface area contributed by atoms with Gasteiger partial charge in [0.15, 0.2) is 11.5 Å². The summed E-state index contributed by atoms with van der Waals surface area (Å²) >= 11 is 0. The third-order valence-corrected chi connectivity index (χ3v) is 4.75. The molecule has 5 nitrogen and oxygen atoms in total. The summed E-state index contributed by atoms with van der Waals surface area (Å²) < 4.78 is 50.9. The molecule has 0 bridgehead atoms. The molecule has 0 amide bonds. The molecule has 0 fully saturated rings. The Morgan fingerprint density at radius 3 is 2.26 bits per heavy atom. The fraction of sp³-hybridized carbons (Fsp3) is 0.250. The molecule has 0 radical (unpaired) electrons. The van der Waals surface area contributed by atoms with Gasteiger partial charge in [-0.3, -0.25) is 0 Å². The van der Waals surface area contributed by atoms with E-state index in [2.05, 4.69) is 4.72 Å². The lowest BCUT2D eigenvalue weighted by molar-refractivity contribution is 0.350. The van der Waals surface area contributed by atoms with Crippen LogP contribution in [0.15, 0.2) is 47.4 Å². The maximum absolute atomic E-state index is 14.0. The van der Waals surface area contributed by atoms with E-state index in [0.29, 0.717) is 6.42 Å². The smallest absolute Gasteiger partial charge is 0.243 e. The van der Waals surface area contributed by atoms with Gasteiger partial charge in [0.1, 0.15) is 10.7 Å². The normalized spacial score (nSPS) is 11.3. The molecule has 2 rings (SSSR count). The topological polar surface area (TPSA) is 64.6 Å². The zero-order valence-corrected chi connectivity index (χ0v) is 13.7. The Bertz CT molecular complexity index is 763. The molecule has 0 unspecified atom stereocenters. The highest BCUT2D eigenvalue weighted by Gasteiger charge is 2.22. The molecule has 0 aliphatic carbocycles. The van der Waals surface area contributed by atoms with Crippen molar-refractivity contribution in [3.63, 3.8) is 0 Å². The number of nitrogens with one attached hydrogen (secondary N) is 1. The molecule has 0 saturated carbocycles. The van der Waals surface area contributed by atoms with Crippen LogP contribution in [-0.4, -0.2) is 29.2 Å². The van der Waals surface area contributed by atoms with Gasteiger partial charge in [-0.25, -0.2) is 17.5 Å². The van der Waals surface area contributed by atoms with Gasteiger partial charge in [0.05, 0.1) is 14.2 Å². The second-order valence-electron chi connectivity index (χ2n) is 4.77. The first-order valence-electron chi connectivity index (χ1n) is 6.93. The van der Waals surface area contributed by atoms with Crippen molar-refractivity contribution in [1.82, 2.24) is 4.72 Å². The Morgan fingerprint density at radius 2 is 1.65 bits per heavy atom. The number of rotatable bonds is 7. The first-order valence-corrected chi connectivity index (χ1v) is 8.41. The first kappa shape index (κ1) is 17.2. The molecular weight excluding hydrogens is 321 g/mol. The molecule has 23 heavy (non-hydrogen) atoms. The third-order valence-electron chi connectivity index (χ3n) is 3.28. The SMILES string of the molecule is COc1cc(F)c(S(=O)(=O)NCCc2ccccc2)cc1OC. The van der Waals surface area contributed by atoms with Gasteiger partial charge in [-0.1, -0.05) is 30.3 Å². The van der Waals surface area contributed by atoms with Crippen molar-refractivity contribution < 1.29 is 22.3 Å². The van der Waals surface area contributed by atoms with Crippen molar-refractivity contribution in [3.05, 3.63) is 53.8 Å². The first-order chi connectivity index (χ1) is 11.0. The van der Waals surface area contributed by atoms with Crippen molar-refractivity contribution in [2.45, 2.75) is 11.3 Å². The van der Waals surface area contributed by atoms with Crippen LogP contribution >= 0.6 is 0 Å². The lowest BCUT2D eigenvalue weighted by Gasteiger charge is -2.12. The predicted octanol–water partition coefficient (Wildman–Crippen LogP) is 2.36. The quantitative estimate of drug-likeness (QED) is 0.841. The van der Waals surface area contributed by atoms with E-state index < -0.39 is 20.7 Å². The molecule has 0 aliphatic heterocycles. The van der Waals surface area contributed by atoms with Gasteiger partial charge < -0.3 is 9.47 Å². The van der Waals surface area contributed by atoms with E-state index in [1.165, 1.54) is 14.2 Å². The van der Waals surface area contributed by atoms with Crippen LogP contribution in [0.2, 0.25) is 0 Å². The minimum Gasteiger partial charge on any atom is -0.493 e. The van der Waals surface area contributed by atoms with Gasteiger partial charge in [-0.05, 0) is 12.0 Å². The fourth-order valence-electron chi connectivity index (χ4n) is 2.09. The molecule has 2 aromatic carbocycles. The average molecular weight is 339 g/mol. The zero-order chi connectivity index (χ0) is 16.9. The van der Waals surface area contributed by atoms with E-state index in [1.807, 2.05) is 30.3 Å². The van der Waals surface area contributed by atoms with Crippen LogP contribution in [0.3, 0.4) is 0 Å². The van der Waals surface area contributed by atoms with Crippen LogP contribution in [-0.2, 0) is 16.4 Å². The molecule has 0 spiro atoms. The van der Waals surface area contributed by atoms with Crippen molar-refractivity contribution >= 4 is 10.0 Å². The van der Waals surface area contributed by atoms with Crippen molar-refractivity contribution in [2.75, 3.05) is 20.8 Å².